The van der Waals surface area contributed by atoms with Crippen LogP contribution in [0.15, 0.2) is 59.8 Å². The van der Waals surface area contributed by atoms with E-state index in [-0.39, 0.29) is 12.5 Å². The first kappa shape index (κ1) is 17.0. The standard InChI is InChI=1S/C18H17N3O3S/c1-24-17(22)10-19-18(23)13-5-7-15(8-6-13)25-12-14-11-21-9-3-2-4-16(21)20-14/h2-9,11H,10,12H2,1H3,(H,19,23). The van der Waals surface area contributed by atoms with Crippen molar-refractivity contribution < 1.29 is 14.3 Å². The van der Waals surface area contributed by atoms with Crippen LogP contribution in [0.25, 0.3) is 5.65 Å². The van der Waals surface area contributed by atoms with Crippen LogP contribution in [0.5, 0.6) is 0 Å². The highest BCUT2D eigenvalue weighted by Crippen LogP contribution is 2.23. The minimum Gasteiger partial charge on any atom is -0.468 e. The second-order valence-corrected chi connectivity index (χ2v) is 6.32. The van der Waals surface area contributed by atoms with Gasteiger partial charge in [0.05, 0.1) is 12.8 Å². The summed E-state index contributed by atoms with van der Waals surface area (Å²) in [5.74, 6) is -0.0365. The summed E-state index contributed by atoms with van der Waals surface area (Å²) in [6.45, 7) is -0.139. The van der Waals surface area contributed by atoms with Crippen molar-refractivity contribution in [3.63, 3.8) is 0 Å². The van der Waals surface area contributed by atoms with Gasteiger partial charge in [0.25, 0.3) is 5.91 Å². The van der Waals surface area contributed by atoms with Gasteiger partial charge in [-0.05, 0) is 36.4 Å². The van der Waals surface area contributed by atoms with Crippen LogP contribution in [0.1, 0.15) is 16.1 Å². The molecule has 0 atom stereocenters. The average molecular weight is 355 g/mol. The topological polar surface area (TPSA) is 72.7 Å². The van der Waals surface area contributed by atoms with E-state index in [0.29, 0.717) is 5.56 Å². The molecule has 2 aromatic heterocycles. The zero-order chi connectivity index (χ0) is 17.6. The lowest BCUT2D eigenvalue weighted by Crippen LogP contribution is -2.30. The number of fused-ring (bicyclic) bond motifs is 1. The maximum Gasteiger partial charge on any atom is 0.325 e. The summed E-state index contributed by atoms with van der Waals surface area (Å²) in [5, 5.41) is 2.51. The van der Waals surface area contributed by atoms with Crippen LogP contribution < -0.4 is 5.32 Å². The van der Waals surface area contributed by atoms with E-state index in [1.807, 2.05) is 47.1 Å². The molecule has 0 saturated heterocycles. The van der Waals surface area contributed by atoms with Crippen molar-refractivity contribution in [3.05, 3.63) is 66.1 Å². The van der Waals surface area contributed by atoms with Gasteiger partial charge in [0.1, 0.15) is 12.2 Å². The number of aromatic nitrogens is 2. The third kappa shape index (κ3) is 4.39. The summed E-state index contributed by atoms with van der Waals surface area (Å²) >= 11 is 1.65. The predicted molar refractivity (Wildman–Crippen MR) is 95.5 cm³/mol. The van der Waals surface area contributed by atoms with Crippen molar-refractivity contribution in [1.82, 2.24) is 14.7 Å². The van der Waals surface area contributed by atoms with Crippen molar-refractivity contribution in [2.75, 3.05) is 13.7 Å². The maximum absolute atomic E-state index is 11.9. The lowest BCUT2D eigenvalue weighted by Gasteiger charge is -2.05. The largest absolute Gasteiger partial charge is 0.468 e. The number of nitrogens with zero attached hydrogens (tertiary/aromatic N) is 2. The van der Waals surface area contributed by atoms with E-state index in [1.54, 1.807) is 23.9 Å². The van der Waals surface area contributed by atoms with Gasteiger partial charge in [0, 0.05) is 28.6 Å². The molecule has 0 aliphatic heterocycles. The lowest BCUT2D eigenvalue weighted by molar-refractivity contribution is -0.139. The van der Waals surface area contributed by atoms with Gasteiger partial charge in [-0.15, -0.1) is 11.8 Å². The number of esters is 1. The number of rotatable bonds is 6. The van der Waals surface area contributed by atoms with E-state index in [1.165, 1.54) is 7.11 Å². The van der Waals surface area contributed by atoms with E-state index in [0.717, 1.165) is 22.0 Å². The van der Waals surface area contributed by atoms with Gasteiger partial charge in [0.15, 0.2) is 0 Å². The molecular formula is C18H17N3O3S. The number of amides is 1. The average Bonchev–Trinajstić information content (AvgIpc) is 3.07. The van der Waals surface area contributed by atoms with Crippen LogP contribution in [0.3, 0.4) is 0 Å². The first-order valence-electron chi connectivity index (χ1n) is 7.66. The molecule has 0 radical (unpaired) electrons. The Morgan fingerprint density at radius 3 is 2.72 bits per heavy atom. The molecule has 0 unspecified atom stereocenters. The molecule has 3 rings (SSSR count). The molecule has 0 aliphatic rings. The maximum atomic E-state index is 11.9. The molecule has 2 heterocycles. The number of carbonyl (C=O) groups is 2. The number of benzene rings is 1. The highest BCUT2D eigenvalue weighted by atomic mass is 32.2. The third-order valence-corrected chi connectivity index (χ3v) is 4.58. The van der Waals surface area contributed by atoms with Crippen LogP contribution >= 0.6 is 11.8 Å². The highest BCUT2D eigenvalue weighted by Gasteiger charge is 2.08. The molecule has 1 amide bonds. The number of pyridine rings is 1. The van der Waals surface area contributed by atoms with Gasteiger partial charge in [-0.3, -0.25) is 9.59 Å². The minimum absolute atomic E-state index is 0.139. The summed E-state index contributed by atoms with van der Waals surface area (Å²) < 4.78 is 6.48. The molecule has 0 aliphatic carbocycles. The van der Waals surface area contributed by atoms with E-state index in [9.17, 15) is 9.59 Å². The van der Waals surface area contributed by atoms with E-state index in [2.05, 4.69) is 15.0 Å². The number of hydrogen-bond donors (Lipinski definition) is 1. The molecule has 25 heavy (non-hydrogen) atoms. The Morgan fingerprint density at radius 1 is 1.20 bits per heavy atom. The normalized spacial score (nSPS) is 10.6. The number of thioether (sulfide) groups is 1. The number of methoxy groups -OCH3 is 1. The van der Waals surface area contributed by atoms with Gasteiger partial charge in [-0.1, -0.05) is 6.07 Å². The fraction of sp³-hybridized carbons (Fsp3) is 0.167. The van der Waals surface area contributed by atoms with Crippen molar-refractivity contribution in [2.45, 2.75) is 10.6 Å². The molecule has 0 bridgehead atoms. The zero-order valence-corrected chi connectivity index (χ0v) is 14.5. The Balaban J connectivity index is 1.57. The highest BCUT2D eigenvalue weighted by molar-refractivity contribution is 7.98. The van der Waals surface area contributed by atoms with E-state index >= 15 is 0 Å². The second-order valence-electron chi connectivity index (χ2n) is 5.27. The first-order valence-corrected chi connectivity index (χ1v) is 8.65. The SMILES string of the molecule is COC(=O)CNC(=O)c1ccc(SCc2cn3ccccc3n2)cc1. The molecule has 128 valence electrons. The minimum atomic E-state index is -0.479. The van der Waals surface area contributed by atoms with Crippen molar-refractivity contribution in [1.29, 1.82) is 0 Å². The zero-order valence-electron chi connectivity index (χ0n) is 13.6. The summed E-state index contributed by atoms with van der Waals surface area (Å²) in [4.78, 5) is 28.6. The fourth-order valence-corrected chi connectivity index (χ4v) is 3.03. The smallest absolute Gasteiger partial charge is 0.325 e. The van der Waals surface area contributed by atoms with Gasteiger partial charge in [0.2, 0.25) is 0 Å². The molecular weight excluding hydrogens is 338 g/mol. The van der Waals surface area contributed by atoms with Crippen LogP contribution in [0.2, 0.25) is 0 Å². The Labute approximate surface area is 149 Å². The fourth-order valence-electron chi connectivity index (χ4n) is 2.24. The number of carbonyl (C=O) groups excluding carboxylic acids is 2. The Hall–Kier alpha value is -2.80. The van der Waals surface area contributed by atoms with Gasteiger partial charge in [-0.2, -0.15) is 0 Å². The van der Waals surface area contributed by atoms with Crippen LogP contribution in [-0.4, -0.2) is 34.9 Å². The van der Waals surface area contributed by atoms with Crippen molar-refractivity contribution in [3.8, 4) is 0 Å². The lowest BCUT2D eigenvalue weighted by atomic mass is 10.2. The van der Waals surface area contributed by atoms with Crippen molar-refractivity contribution >= 4 is 29.3 Å². The molecule has 6 nitrogen and oxygen atoms in total. The summed E-state index contributed by atoms with van der Waals surface area (Å²) in [7, 11) is 1.28. The summed E-state index contributed by atoms with van der Waals surface area (Å²) in [5.41, 5.74) is 2.42. The van der Waals surface area contributed by atoms with Gasteiger partial charge in [-0.25, -0.2) is 4.98 Å². The molecule has 1 aromatic carbocycles. The molecule has 3 aromatic rings. The monoisotopic (exact) mass is 355 g/mol. The molecule has 0 spiro atoms. The number of imidazole rings is 1. The van der Waals surface area contributed by atoms with Crippen LogP contribution in [-0.2, 0) is 15.3 Å². The Bertz CT molecular complexity index is 857. The third-order valence-electron chi connectivity index (χ3n) is 3.54. The number of nitrogens with one attached hydrogen (secondary N) is 1. The van der Waals surface area contributed by atoms with E-state index in [4.69, 9.17) is 0 Å². The Morgan fingerprint density at radius 2 is 2.00 bits per heavy atom. The summed E-state index contributed by atoms with van der Waals surface area (Å²) in [6.07, 6.45) is 3.98. The molecule has 0 saturated carbocycles. The van der Waals surface area contributed by atoms with Gasteiger partial charge >= 0.3 is 5.97 Å². The number of hydrogen-bond acceptors (Lipinski definition) is 5. The predicted octanol–water partition coefficient (Wildman–Crippen LogP) is 2.53. The van der Waals surface area contributed by atoms with Crippen molar-refractivity contribution in [2.24, 2.45) is 0 Å². The Kier molecular flexibility index (Phi) is 5.35. The van der Waals surface area contributed by atoms with Crippen LogP contribution in [0.4, 0.5) is 0 Å². The second kappa shape index (κ2) is 7.85. The summed E-state index contributed by atoms with van der Waals surface area (Å²) in [6, 6.07) is 13.1. The molecule has 7 heteroatoms. The van der Waals surface area contributed by atoms with Gasteiger partial charge < -0.3 is 14.5 Å². The van der Waals surface area contributed by atoms with E-state index < -0.39 is 5.97 Å². The molecule has 1 N–H and O–H groups in total. The molecule has 0 fully saturated rings. The first-order chi connectivity index (χ1) is 12.2. The van der Waals surface area contributed by atoms with Crippen LogP contribution in [0, 0.1) is 0 Å². The quantitative estimate of drug-likeness (QED) is 0.543. The number of ether oxygens (including phenoxy) is 1.